The number of aliphatic hydroxyl groups is 1. The van der Waals surface area contributed by atoms with Crippen molar-refractivity contribution in [2.45, 2.75) is 22.9 Å². The maximum absolute atomic E-state index is 14.8. The second kappa shape index (κ2) is 9.96. The van der Waals surface area contributed by atoms with Crippen LogP contribution in [0.25, 0.3) is 0 Å². The summed E-state index contributed by atoms with van der Waals surface area (Å²) in [6.45, 7) is -0.364. The Morgan fingerprint density at radius 1 is 1.06 bits per heavy atom. The zero-order chi connectivity index (χ0) is 23.4. The lowest BCUT2D eigenvalue weighted by atomic mass is 10.1. The molecule has 1 aromatic heterocycles. The maximum atomic E-state index is 14.8. The molecule has 1 saturated heterocycles. The third kappa shape index (κ3) is 5.56. The number of hydrogen-bond donors (Lipinski definition) is 2. The van der Waals surface area contributed by atoms with Gasteiger partial charge in [-0.15, -0.1) is 11.8 Å². The van der Waals surface area contributed by atoms with Gasteiger partial charge in [0, 0.05) is 6.20 Å². The molecule has 2 aromatic carbocycles. The number of nitrogens with two attached hydrogens (primary N) is 1. The molecular formula is C21H21FN3O6PS. The van der Waals surface area contributed by atoms with E-state index in [0.717, 1.165) is 16.3 Å². The Bertz CT molecular complexity index is 1140. The number of rotatable bonds is 8. The molecule has 4 rings (SSSR count). The van der Waals surface area contributed by atoms with Crippen LogP contribution in [0.2, 0.25) is 0 Å². The van der Waals surface area contributed by atoms with Crippen LogP contribution in [-0.2, 0) is 9.09 Å². The van der Waals surface area contributed by atoms with Gasteiger partial charge in [-0.05, 0) is 30.3 Å². The van der Waals surface area contributed by atoms with Gasteiger partial charge in [-0.1, -0.05) is 36.4 Å². The highest BCUT2D eigenvalue weighted by atomic mass is 32.2. The van der Waals surface area contributed by atoms with E-state index in [4.69, 9.17) is 19.3 Å². The van der Waals surface area contributed by atoms with Crippen LogP contribution in [0.4, 0.5) is 10.2 Å². The van der Waals surface area contributed by atoms with E-state index in [1.807, 2.05) is 0 Å². The minimum Gasteiger partial charge on any atom is -0.395 e. The molecule has 2 heterocycles. The number of aliphatic hydroxyl groups excluding tert-OH is 1. The highest BCUT2D eigenvalue weighted by Crippen LogP contribution is 2.51. The average Bonchev–Trinajstić information content (AvgIpc) is 3.07. The van der Waals surface area contributed by atoms with E-state index < -0.39 is 36.4 Å². The van der Waals surface area contributed by atoms with Crippen molar-refractivity contribution in [1.82, 2.24) is 9.55 Å². The minimum atomic E-state index is -4.21. The molecule has 0 amide bonds. The fourth-order valence-corrected chi connectivity index (χ4v) is 5.91. The fraction of sp³-hybridized carbons (Fsp3) is 0.238. The lowest BCUT2D eigenvalue weighted by Crippen LogP contribution is -2.33. The van der Waals surface area contributed by atoms with Crippen LogP contribution in [-0.4, -0.2) is 38.8 Å². The zero-order valence-electron chi connectivity index (χ0n) is 17.1. The number of halogens is 1. The quantitative estimate of drug-likeness (QED) is 0.454. The third-order valence-corrected chi connectivity index (χ3v) is 7.60. The minimum absolute atomic E-state index is 0.00662. The fourth-order valence-electron chi connectivity index (χ4n) is 3.14. The number of para-hydroxylation sites is 2. The lowest BCUT2D eigenvalue weighted by molar-refractivity contribution is 0.0625. The summed E-state index contributed by atoms with van der Waals surface area (Å²) >= 11 is 0.953. The number of benzene rings is 2. The topological polar surface area (TPSA) is 126 Å². The summed E-state index contributed by atoms with van der Waals surface area (Å²) in [5.74, 6) is 0.501. The van der Waals surface area contributed by atoms with Gasteiger partial charge < -0.3 is 19.9 Å². The average molecular weight is 493 g/mol. The first-order chi connectivity index (χ1) is 15.8. The predicted octanol–water partition coefficient (Wildman–Crippen LogP) is 3.42. The summed E-state index contributed by atoms with van der Waals surface area (Å²) in [5, 5.41) is 8.49. The summed E-state index contributed by atoms with van der Waals surface area (Å²) in [5.41, 5.74) is 4.74. The van der Waals surface area contributed by atoms with Gasteiger partial charge in [0.05, 0.1) is 11.9 Å². The molecule has 174 valence electrons. The summed E-state index contributed by atoms with van der Waals surface area (Å²) in [6, 6.07) is 18.0. The van der Waals surface area contributed by atoms with Crippen LogP contribution < -0.4 is 20.5 Å². The van der Waals surface area contributed by atoms with Gasteiger partial charge in [0.1, 0.15) is 28.8 Å². The third-order valence-electron chi connectivity index (χ3n) is 4.74. The zero-order valence-corrected chi connectivity index (χ0v) is 18.8. The van der Waals surface area contributed by atoms with Gasteiger partial charge in [-0.3, -0.25) is 9.09 Å². The molecule has 3 aromatic rings. The number of aromatic nitrogens is 2. The highest BCUT2D eigenvalue weighted by Gasteiger charge is 2.46. The van der Waals surface area contributed by atoms with Crippen LogP contribution in [0.5, 0.6) is 11.5 Å². The summed E-state index contributed by atoms with van der Waals surface area (Å²) in [6.07, 6.45) is -1.98. The Labute approximate surface area is 192 Å². The number of thioether (sulfide) groups is 1. The molecular weight excluding hydrogens is 472 g/mol. The number of nitrogen functional groups attached to an aromatic ring is 1. The van der Waals surface area contributed by atoms with Crippen molar-refractivity contribution in [2.75, 3.05) is 12.3 Å². The number of phosphoric ester groups is 1. The number of hydrogen-bond acceptors (Lipinski definition) is 9. The van der Waals surface area contributed by atoms with Crippen molar-refractivity contribution in [1.29, 1.82) is 0 Å². The van der Waals surface area contributed by atoms with E-state index in [-0.39, 0.29) is 23.9 Å². The van der Waals surface area contributed by atoms with Crippen LogP contribution >= 0.6 is 19.6 Å². The first kappa shape index (κ1) is 23.3. The van der Waals surface area contributed by atoms with Crippen molar-refractivity contribution >= 4 is 25.4 Å². The van der Waals surface area contributed by atoms with E-state index in [9.17, 15) is 18.9 Å². The van der Waals surface area contributed by atoms with E-state index in [0.29, 0.717) is 0 Å². The van der Waals surface area contributed by atoms with Crippen molar-refractivity contribution in [2.24, 2.45) is 0 Å². The summed E-state index contributed by atoms with van der Waals surface area (Å²) in [4.78, 5) is 15.7. The van der Waals surface area contributed by atoms with Gasteiger partial charge in [0.25, 0.3) is 0 Å². The van der Waals surface area contributed by atoms with E-state index in [1.54, 1.807) is 60.7 Å². The molecule has 12 heteroatoms. The first-order valence-corrected chi connectivity index (χ1v) is 12.3. The molecule has 0 saturated carbocycles. The second-order valence-electron chi connectivity index (χ2n) is 7.09. The Morgan fingerprint density at radius 2 is 1.64 bits per heavy atom. The number of alkyl halides is 1. The van der Waals surface area contributed by atoms with Crippen LogP contribution in [0.3, 0.4) is 0 Å². The summed E-state index contributed by atoms with van der Waals surface area (Å²) in [7, 11) is -4.21. The molecule has 1 fully saturated rings. The molecule has 1 aliphatic rings. The van der Waals surface area contributed by atoms with Gasteiger partial charge in [0.2, 0.25) is 0 Å². The SMILES string of the molecule is Nc1ccn([C@@H]2S[C@H](COP(=O)(Oc3ccccc3)Oc3ccccc3)[C@@H](O)[C@@H]2F)c(=O)n1. The molecule has 0 spiro atoms. The number of phosphoric acid groups is 1. The Morgan fingerprint density at radius 3 is 2.18 bits per heavy atom. The Kier molecular flexibility index (Phi) is 7.04. The van der Waals surface area contributed by atoms with Crippen LogP contribution in [0.15, 0.2) is 77.7 Å². The van der Waals surface area contributed by atoms with Crippen molar-refractivity contribution in [3.63, 3.8) is 0 Å². The van der Waals surface area contributed by atoms with E-state index >= 15 is 0 Å². The maximum Gasteiger partial charge on any atom is 0.587 e. The molecule has 9 nitrogen and oxygen atoms in total. The van der Waals surface area contributed by atoms with Gasteiger partial charge in [-0.2, -0.15) is 4.98 Å². The molecule has 33 heavy (non-hydrogen) atoms. The molecule has 3 N–H and O–H groups in total. The molecule has 0 aliphatic carbocycles. The summed E-state index contributed by atoms with van der Waals surface area (Å²) < 4.78 is 45.8. The Hall–Kier alpha value is -2.85. The Balaban J connectivity index is 1.50. The van der Waals surface area contributed by atoms with Crippen molar-refractivity contribution < 1.29 is 27.6 Å². The smallest absolute Gasteiger partial charge is 0.395 e. The van der Waals surface area contributed by atoms with Crippen molar-refractivity contribution in [3.8, 4) is 11.5 Å². The normalized spacial score (nSPS) is 22.7. The van der Waals surface area contributed by atoms with Crippen LogP contribution in [0, 0.1) is 0 Å². The molecule has 4 atom stereocenters. The largest absolute Gasteiger partial charge is 0.587 e. The molecule has 0 unspecified atom stereocenters. The van der Waals surface area contributed by atoms with Gasteiger partial charge in [0.15, 0.2) is 6.17 Å². The number of nitrogens with zero attached hydrogens (tertiary/aromatic N) is 2. The van der Waals surface area contributed by atoms with Crippen molar-refractivity contribution in [3.05, 3.63) is 83.4 Å². The standard InChI is InChI=1S/C21H21FN3O6PS/c22-18-19(26)16(33-20(18)25-12-11-17(23)24-21(25)27)13-29-32(28,30-14-7-3-1-4-8-14)31-15-9-5-2-6-10-15/h1-12,16,18-20,26H,13H2,(H2,23,24,27)/t16-,18+,19-,20-/m1/s1. The molecule has 0 radical (unpaired) electrons. The highest BCUT2D eigenvalue weighted by molar-refractivity contribution is 8.00. The number of anilines is 1. The molecule has 0 bridgehead atoms. The lowest BCUT2D eigenvalue weighted by Gasteiger charge is -2.21. The van der Waals surface area contributed by atoms with Gasteiger partial charge >= 0.3 is 13.5 Å². The van der Waals surface area contributed by atoms with Crippen LogP contribution in [0.1, 0.15) is 5.37 Å². The van der Waals surface area contributed by atoms with E-state index in [2.05, 4.69) is 4.98 Å². The van der Waals surface area contributed by atoms with E-state index in [1.165, 1.54) is 12.3 Å². The first-order valence-electron chi connectivity index (χ1n) is 9.91. The van der Waals surface area contributed by atoms with Gasteiger partial charge in [-0.25, -0.2) is 13.8 Å². The second-order valence-corrected chi connectivity index (χ2v) is 9.97. The molecule has 1 aliphatic heterocycles. The monoisotopic (exact) mass is 493 g/mol. The predicted molar refractivity (Wildman–Crippen MR) is 122 cm³/mol.